The fraction of sp³-hybridized carbons (Fsp3) is 0.375. The first-order chi connectivity index (χ1) is 8.51. The van der Waals surface area contributed by atoms with Gasteiger partial charge in [0.05, 0.1) is 16.4 Å². The molecule has 1 aromatic rings. The second-order valence-corrected chi connectivity index (χ2v) is 2.33. The van der Waals surface area contributed by atoms with Gasteiger partial charge in [0.1, 0.15) is 10.8 Å². The molecule has 1 unspecified atom stereocenters. The van der Waals surface area contributed by atoms with Crippen molar-refractivity contribution in [2.75, 3.05) is 0 Å². The molecular weight excluding hydrogens is 178 g/mol. The Balaban J connectivity index is 3.24. The van der Waals surface area contributed by atoms with Gasteiger partial charge < -0.3 is 9.85 Å². The molecule has 4 heteroatoms. The predicted molar refractivity (Wildman–Crippen MR) is 46.7 cm³/mol. The SMILES string of the molecule is [2H]Oc1c([2H])nc(OC([2H])(C)C([2H])([2H])[2H])c(Cl)c1[2H]. The number of rotatable bonds is 3. The highest BCUT2D eigenvalue weighted by Crippen LogP contribution is 2.25. The third-order valence-electron chi connectivity index (χ3n) is 0.920. The van der Waals surface area contributed by atoms with Gasteiger partial charge in [-0.25, -0.2) is 4.98 Å². The van der Waals surface area contributed by atoms with Crippen molar-refractivity contribution in [2.24, 2.45) is 0 Å². The fourth-order valence-corrected chi connectivity index (χ4v) is 0.711. The number of hydrogen-bond acceptors (Lipinski definition) is 3. The summed E-state index contributed by atoms with van der Waals surface area (Å²) in [5.41, 5.74) is 0. The predicted octanol–water partition coefficient (Wildman–Crippen LogP) is 2.23. The Morgan fingerprint density at radius 2 is 2.92 bits per heavy atom. The number of aromatic nitrogens is 1. The van der Waals surface area contributed by atoms with Crippen LogP contribution in [0.5, 0.6) is 11.6 Å². The highest BCUT2D eigenvalue weighted by atomic mass is 35.5. The smallest absolute Gasteiger partial charge is 0.293 e. The average Bonchev–Trinajstić information content (AvgIpc) is 2.24. The van der Waals surface area contributed by atoms with Crippen LogP contribution in [0.1, 0.15) is 22.0 Å². The van der Waals surface area contributed by atoms with Gasteiger partial charge in [0, 0.05) is 10.2 Å². The Bertz CT molecular complexity index is 491. The maximum absolute atomic E-state index is 7.58. The van der Waals surface area contributed by atoms with Gasteiger partial charge >= 0.3 is 0 Å². The van der Waals surface area contributed by atoms with Crippen LogP contribution in [0.25, 0.3) is 0 Å². The van der Waals surface area contributed by atoms with Gasteiger partial charge in [-0.05, 0) is 13.8 Å². The molecular formula is C8H10ClNO2. The summed E-state index contributed by atoms with van der Waals surface area (Å²) < 4.78 is 55.4. The summed E-state index contributed by atoms with van der Waals surface area (Å²) in [6.07, 6.45) is -2.95. The monoisotopic (exact) mass is 194 g/mol. The van der Waals surface area contributed by atoms with Crippen LogP contribution in [-0.4, -0.2) is 17.6 Å². The van der Waals surface area contributed by atoms with E-state index in [2.05, 4.69) is 10.1 Å². The summed E-state index contributed by atoms with van der Waals surface area (Å²) in [5, 5.41) is 3.59. The zero-order valence-electron chi connectivity index (χ0n) is 13.1. The van der Waals surface area contributed by atoms with Crippen molar-refractivity contribution in [1.29, 1.82) is 1.43 Å². The molecule has 1 atom stereocenters. The first-order valence-corrected chi connectivity index (χ1v) is 3.38. The van der Waals surface area contributed by atoms with Gasteiger partial charge in [0.25, 0.3) is 1.43 Å². The number of ether oxygens (including phenoxy) is 1. The molecule has 0 spiro atoms. The first-order valence-electron chi connectivity index (χ1n) is 6.41. The molecule has 1 N–H and O–H groups in total. The first kappa shape index (κ1) is 3.42. The molecule has 0 saturated heterocycles. The minimum Gasteiger partial charge on any atom is -0.506 e. The summed E-state index contributed by atoms with van der Waals surface area (Å²) >= 11 is 5.72. The molecule has 1 rings (SSSR count). The van der Waals surface area contributed by atoms with Crippen LogP contribution >= 0.6 is 11.6 Å². The van der Waals surface area contributed by atoms with Crippen molar-refractivity contribution in [2.45, 2.75) is 19.9 Å². The van der Waals surface area contributed by atoms with Crippen LogP contribution < -0.4 is 4.74 Å². The Kier molecular flexibility index (Phi) is 1.03. The third-order valence-corrected chi connectivity index (χ3v) is 1.18. The van der Waals surface area contributed by atoms with Crippen molar-refractivity contribution in [1.82, 2.24) is 4.98 Å². The standard InChI is InChI=1S/C8H10ClNO2/c1-5(2)12-8-7(9)3-6(11)4-10-8/h3-5,11H,1-2H3/i1D3,3D,4D,5D/hD. The largest absolute Gasteiger partial charge is 0.506 e. The quantitative estimate of drug-likeness (QED) is 0.803. The van der Waals surface area contributed by atoms with Crippen molar-refractivity contribution in [3.63, 3.8) is 0 Å². The number of halogens is 1. The Hall–Kier alpha value is -0.960. The molecule has 12 heavy (non-hydrogen) atoms. The average molecular weight is 195 g/mol. The minimum atomic E-state index is -2.77. The van der Waals surface area contributed by atoms with Crippen LogP contribution in [0, 0.1) is 0 Å². The molecule has 1 aromatic heterocycles. The zero-order valence-corrected chi connectivity index (χ0v) is 6.90. The zero-order chi connectivity index (χ0) is 15.0. The second-order valence-electron chi connectivity index (χ2n) is 1.96. The maximum atomic E-state index is 7.58. The van der Waals surface area contributed by atoms with Gasteiger partial charge in [0.2, 0.25) is 5.88 Å². The Labute approximate surface area is 85.9 Å². The molecule has 0 fully saturated rings. The van der Waals surface area contributed by atoms with Crippen LogP contribution in [0.4, 0.5) is 0 Å². The second kappa shape index (κ2) is 3.63. The number of nitrogens with zero attached hydrogens (tertiary/aromatic N) is 1. The molecule has 0 saturated carbocycles. The van der Waals surface area contributed by atoms with Gasteiger partial charge in [-0.2, -0.15) is 0 Å². The lowest BCUT2D eigenvalue weighted by Crippen LogP contribution is -2.06. The van der Waals surface area contributed by atoms with Gasteiger partial charge in [0.15, 0.2) is 0 Å². The molecule has 0 aromatic carbocycles. The minimum absolute atomic E-state index is 0.430. The lowest BCUT2D eigenvalue weighted by atomic mass is 10.4. The molecule has 1 heterocycles. The van der Waals surface area contributed by atoms with Crippen molar-refractivity contribution in [3.05, 3.63) is 17.2 Å². The van der Waals surface area contributed by atoms with E-state index >= 15 is 0 Å². The van der Waals surface area contributed by atoms with E-state index in [9.17, 15) is 0 Å². The van der Waals surface area contributed by atoms with Gasteiger partial charge in [-0.1, -0.05) is 11.6 Å². The summed E-state index contributed by atoms with van der Waals surface area (Å²) in [4.78, 5) is 3.48. The van der Waals surface area contributed by atoms with E-state index in [1.54, 1.807) is 0 Å². The summed E-state index contributed by atoms with van der Waals surface area (Å²) in [6, 6.07) is -0.534. The van der Waals surface area contributed by atoms with Gasteiger partial charge in [-0.3, -0.25) is 0 Å². The van der Waals surface area contributed by atoms with Crippen LogP contribution in [0.3, 0.4) is 0 Å². The lowest BCUT2D eigenvalue weighted by molar-refractivity contribution is 0.232. The van der Waals surface area contributed by atoms with Crippen LogP contribution in [0.2, 0.25) is 5.02 Å². The fourth-order valence-electron chi connectivity index (χ4n) is 0.544. The number of hydrogen-bond donors (Lipinski definition) is 1. The summed E-state index contributed by atoms with van der Waals surface area (Å²) in [6.45, 7) is -1.78. The van der Waals surface area contributed by atoms with E-state index in [1.165, 1.54) is 0 Å². The van der Waals surface area contributed by atoms with Crippen molar-refractivity contribution < 1.29 is 18.1 Å². The van der Waals surface area contributed by atoms with E-state index in [4.69, 9.17) is 26.0 Å². The summed E-state index contributed by atoms with van der Waals surface area (Å²) in [5.74, 6) is -1.02. The van der Waals surface area contributed by atoms with E-state index in [0.29, 0.717) is 0 Å². The molecule has 66 valence electrons. The number of aromatic hydroxyl groups is 1. The molecule has 0 aliphatic heterocycles. The van der Waals surface area contributed by atoms with E-state index in [1.807, 2.05) is 0 Å². The Morgan fingerprint density at radius 3 is 3.58 bits per heavy atom. The van der Waals surface area contributed by atoms with Crippen molar-refractivity contribution in [3.8, 4) is 11.6 Å². The lowest BCUT2D eigenvalue weighted by Gasteiger charge is -2.09. The van der Waals surface area contributed by atoms with Crippen LogP contribution in [0.15, 0.2) is 12.2 Å². The molecule has 3 nitrogen and oxygen atoms in total. The highest BCUT2D eigenvalue weighted by Gasteiger charge is 2.05. The summed E-state index contributed by atoms with van der Waals surface area (Å²) in [7, 11) is 0. The molecule has 0 bridgehead atoms. The molecule has 0 aliphatic rings. The maximum Gasteiger partial charge on any atom is 0.293 e. The number of pyridine rings is 1. The Morgan fingerprint density at radius 1 is 2.08 bits per heavy atom. The topological polar surface area (TPSA) is 42.4 Å². The highest BCUT2D eigenvalue weighted by molar-refractivity contribution is 6.31. The van der Waals surface area contributed by atoms with Crippen LogP contribution in [-0.2, 0) is 0 Å². The van der Waals surface area contributed by atoms with E-state index in [0.717, 1.165) is 6.92 Å². The van der Waals surface area contributed by atoms with E-state index < -0.39 is 41.8 Å². The van der Waals surface area contributed by atoms with Crippen molar-refractivity contribution >= 4 is 11.6 Å². The third kappa shape index (κ3) is 2.27. The molecule has 0 aliphatic carbocycles. The normalized spacial score (nSPS) is 24.3. The molecule has 0 radical (unpaired) electrons. The van der Waals surface area contributed by atoms with Gasteiger partial charge in [-0.15, -0.1) is 0 Å². The molecule has 0 amide bonds. The van der Waals surface area contributed by atoms with E-state index in [-0.39, 0.29) is 0 Å².